The van der Waals surface area contributed by atoms with Gasteiger partial charge in [-0.3, -0.25) is 4.79 Å². The average Bonchev–Trinajstić information content (AvgIpc) is 2.15. The van der Waals surface area contributed by atoms with Crippen molar-refractivity contribution in [2.75, 3.05) is 13.7 Å². The molecule has 0 aliphatic carbocycles. The van der Waals surface area contributed by atoms with Crippen LogP contribution in [0, 0.1) is 5.92 Å². The van der Waals surface area contributed by atoms with Gasteiger partial charge in [-0.2, -0.15) is 0 Å². The first-order valence-electron chi connectivity index (χ1n) is 5.75. The van der Waals surface area contributed by atoms with Gasteiger partial charge in [0, 0.05) is 5.54 Å². The summed E-state index contributed by atoms with van der Waals surface area (Å²) in [5.74, 6) is 0.530. The molecule has 0 radical (unpaired) electrons. The molecule has 1 atom stereocenters. The lowest BCUT2D eigenvalue weighted by molar-refractivity contribution is -0.142. The van der Waals surface area contributed by atoms with Gasteiger partial charge in [0.1, 0.15) is 0 Å². The Labute approximate surface area is 93.6 Å². The third-order valence-corrected chi connectivity index (χ3v) is 2.64. The van der Waals surface area contributed by atoms with E-state index in [0.717, 1.165) is 19.4 Å². The lowest BCUT2D eigenvalue weighted by Crippen LogP contribution is -2.44. The fourth-order valence-electron chi connectivity index (χ4n) is 1.66. The quantitative estimate of drug-likeness (QED) is 0.662. The summed E-state index contributed by atoms with van der Waals surface area (Å²) in [6, 6.07) is 0. The van der Waals surface area contributed by atoms with E-state index in [2.05, 4.69) is 33.0 Å². The smallest absolute Gasteiger partial charge is 0.307 e. The van der Waals surface area contributed by atoms with Crippen LogP contribution < -0.4 is 5.32 Å². The molecule has 1 unspecified atom stereocenters. The molecule has 0 fully saturated rings. The van der Waals surface area contributed by atoms with Gasteiger partial charge in [0.05, 0.1) is 13.5 Å². The number of carbonyl (C=O) groups is 1. The number of rotatable bonds is 7. The standard InChI is InChI=1S/C12H25NO2/c1-6-13-12(4,8-7-10(2)3)9-11(14)15-5/h10,13H,6-9H2,1-5H3. The predicted molar refractivity (Wildman–Crippen MR) is 62.8 cm³/mol. The first-order chi connectivity index (χ1) is 6.93. The lowest BCUT2D eigenvalue weighted by atomic mass is 9.89. The Kier molecular flexibility index (Phi) is 6.57. The molecule has 0 spiro atoms. The monoisotopic (exact) mass is 215 g/mol. The zero-order valence-electron chi connectivity index (χ0n) is 10.7. The van der Waals surface area contributed by atoms with E-state index >= 15 is 0 Å². The van der Waals surface area contributed by atoms with E-state index in [1.807, 2.05) is 0 Å². The number of ether oxygens (including phenoxy) is 1. The predicted octanol–water partition coefficient (Wildman–Crippen LogP) is 2.35. The van der Waals surface area contributed by atoms with Crippen LogP contribution in [0.3, 0.4) is 0 Å². The highest BCUT2D eigenvalue weighted by Crippen LogP contribution is 2.20. The highest BCUT2D eigenvalue weighted by molar-refractivity contribution is 5.70. The van der Waals surface area contributed by atoms with E-state index in [9.17, 15) is 4.79 Å². The third kappa shape index (κ3) is 6.50. The molecule has 0 aromatic rings. The van der Waals surface area contributed by atoms with Crippen LogP contribution in [0.25, 0.3) is 0 Å². The molecule has 3 nitrogen and oxygen atoms in total. The van der Waals surface area contributed by atoms with Crippen LogP contribution in [-0.2, 0) is 9.53 Å². The second-order valence-electron chi connectivity index (χ2n) is 4.78. The SMILES string of the molecule is CCNC(C)(CCC(C)C)CC(=O)OC. The van der Waals surface area contributed by atoms with Crippen molar-refractivity contribution in [2.45, 2.75) is 52.5 Å². The minimum absolute atomic E-state index is 0.119. The summed E-state index contributed by atoms with van der Waals surface area (Å²) in [4.78, 5) is 11.3. The van der Waals surface area contributed by atoms with Crippen LogP contribution >= 0.6 is 0 Å². The number of esters is 1. The summed E-state index contributed by atoms with van der Waals surface area (Å²) in [5, 5.41) is 3.38. The van der Waals surface area contributed by atoms with Crippen molar-refractivity contribution in [3.63, 3.8) is 0 Å². The highest BCUT2D eigenvalue weighted by Gasteiger charge is 2.26. The van der Waals surface area contributed by atoms with Crippen molar-refractivity contribution < 1.29 is 9.53 Å². The zero-order valence-corrected chi connectivity index (χ0v) is 10.7. The van der Waals surface area contributed by atoms with Gasteiger partial charge in [-0.25, -0.2) is 0 Å². The molecule has 0 amide bonds. The molecule has 0 heterocycles. The normalized spacial score (nSPS) is 15.1. The average molecular weight is 215 g/mol. The molecule has 0 rings (SSSR count). The molecule has 0 bridgehead atoms. The fourth-order valence-corrected chi connectivity index (χ4v) is 1.66. The van der Waals surface area contributed by atoms with Crippen LogP contribution in [0.4, 0.5) is 0 Å². The van der Waals surface area contributed by atoms with E-state index in [1.165, 1.54) is 7.11 Å². The molecule has 0 aliphatic rings. The summed E-state index contributed by atoms with van der Waals surface area (Å²) in [5.41, 5.74) is -0.119. The van der Waals surface area contributed by atoms with Gasteiger partial charge in [0.15, 0.2) is 0 Å². The van der Waals surface area contributed by atoms with Gasteiger partial charge in [-0.15, -0.1) is 0 Å². The van der Waals surface area contributed by atoms with Crippen LogP contribution in [-0.4, -0.2) is 25.2 Å². The Morgan fingerprint density at radius 1 is 1.47 bits per heavy atom. The van der Waals surface area contributed by atoms with Crippen molar-refractivity contribution in [3.05, 3.63) is 0 Å². The van der Waals surface area contributed by atoms with Gasteiger partial charge in [-0.05, 0) is 32.2 Å². The summed E-state index contributed by atoms with van der Waals surface area (Å²) >= 11 is 0. The molecule has 0 aliphatic heterocycles. The Balaban J connectivity index is 4.23. The van der Waals surface area contributed by atoms with Crippen molar-refractivity contribution in [3.8, 4) is 0 Å². The Morgan fingerprint density at radius 3 is 2.47 bits per heavy atom. The maximum Gasteiger partial charge on any atom is 0.307 e. The third-order valence-electron chi connectivity index (χ3n) is 2.64. The van der Waals surface area contributed by atoms with E-state index in [4.69, 9.17) is 4.74 Å². The van der Waals surface area contributed by atoms with E-state index in [0.29, 0.717) is 12.3 Å². The Bertz CT molecular complexity index is 192. The molecule has 90 valence electrons. The summed E-state index contributed by atoms with van der Waals surface area (Å²) in [7, 11) is 1.44. The molecule has 0 aromatic carbocycles. The first-order valence-corrected chi connectivity index (χ1v) is 5.75. The zero-order chi connectivity index (χ0) is 11.9. The van der Waals surface area contributed by atoms with Crippen molar-refractivity contribution in [2.24, 2.45) is 5.92 Å². The van der Waals surface area contributed by atoms with Crippen LogP contribution in [0.5, 0.6) is 0 Å². The van der Waals surface area contributed by atoms with Gasteiger partial charge >= 0.3 is 5.97 Å². The first kappa shape index (κ1) is 14.4. The number of methoxy groups -OCH3 is 1. The van der Waals surface area contributed by atoms with Crippen molar-refractivity contribution in [1.29, 1.82) is 0 Å². The van der Waals surface area contributed by atoms with Gasteiger partial charge < -0.3 is 10.1 Å². The molecule has 15 heavy (non-hydrogen) atoms. The lowest BCUT2D eigenvalue weighted by Gasteiger charge is -2.30. The minimum atomic E-state index is -0.137. The minimum Gasteiger partial charge on any atom is -0.469 e. The van der Waals surface area contributed by atoms with Crippen LogP contribution in [0.1, 0.15) is 47.0 Å². The molecule has 3 heteroatoms. The topological polar surface area (TPSA) is 38.3 Å². The number of carbonyl (C=O) groups excluding carboxylic acids is 1. The summed E-state index contributed by atoms with van der Waals surface area (Å²) in [6.45, 7) is 9.43. The summed E-state index contributed by atoms with van der Waals surface area (Å²) < 4.78 is 4.72. The molecule has 0 saturated carbocycles. The van der Waals surface area contributed by atoms with Gasteiger partial charge in [0.2, 0.25) is 0 Å². The molecular weight excluding hydrogens is 190 g/mol. The van der Waals surface area contributed by atoms with Crippen molar-refractivity contribution in [1.82, 2.24) is 5.32 Å². The van der Waals surface area contributed by atoms with Gasteiger partial charge in [0.25, 0.3) is 0 Å². The summed E-state index contributed by atoms with van der Waals surface area (Å²) in [6.07, 6.45) is 2.58. The van der Waals surface area contributed by atoms with Gasteiger partial charge in [-0.1, -0.05) is 20.8 Å². The van der Waals surface area contributed by atoms with E-state index < -0.39 is 0 Å². The van der Waals surface area contributed by atoms with E-state index in [1.54, 1.807) is 0 Å². The number of hydrogen-bond acceptors (Lipinski definition) is 3. The molecular formula is C12H25NO2. The largest absolute Gasteiger partial charge is 0.469 e. The van der Waals surface area contributed by atoms with Crippen LogP contribution in [0.15, 0.2) is 0 Å². The second kappa shape index (κ2) is 6.83. The maximum atomic E-state index is 11.3. The maximum absolute atomic E-state index is 11.3. The molecule has 1 N–H and O–H groups in total. The Hall–Kier alpha value is -0.570. The van der Waals surface area contributed by atoms with Crippen molar-refractivity contribution >= 4 is 5.97 Å². The fraction of sp³-hybridized carbons (Fsp3) is 0.917. The highest BCUT2D eigenvalue weighted by atomic mass is 16.5. The number of nitrogens with one attached hydrogen (secondary N) is 1. The van der Waals surface area contributed by atoms with Crippen LogP contribution in [0.2, 0.25) is 0 Å². The molecule has 0 aromatic heterocycles. The number of hydrogen-bond donors (Lipinski definition) is 1. The molecule has 0 saturated heterocycles. The second-order valence-corrected chi connectivity index (χ2v) is 4.78. The Morgan fingerprint density at radius 2 is 2.07 bits per heavy atom. The van der Waals surface area contributed by atoms with E-state index in [-0.39, 0.29) is 11.5 Å².